The van der Waals surface area contributed by atoms with Crippen LogP contribution in [0.2, 0.25) is 0 Å². The van der Waals surface area contributed by atoms with Crippen LogP contribution in [0.1, 0.15) is 13.3 Å². The molecule has 11 heavy (non-hydrogen) atoms. The van der Waals surface area contributed by atoms with Crippen LogP contribution in [0.4, 0.5) is 0 Å². The number of cyclic esters (lactones) is 1. The van der Waals surface area contributed by atoms with E-state index in [0.29, 0.717) is 19.6 Å². The number of ether oxygens (including phenoxy) is 2. The number of rotatable bonds is 3. The summed E-state index contributed by atoms with van der Waals surface area (Å²) in [4.78, 5) is 10.6. The number of esters is 1. The van der Waals surface area contributed by atoms with Crippen molar-refractivity contribution in [1.29, 1.82) is 0 Å². The lowest BCUT2D eigenvalue weighted by Crippen LogP contribution is -2.13. The number of hydrogen-bond acceptors (Lipinski definition) is 3. The van der Waals surface area contributed by atoms with Gasteiger partial charge in [-0.15, -0.1) is 0 Å². The minimum Gasteiger partial charge on any atom is -0.463 e. The highest BCUT2D eigenvalue weighted by molar-refractivity contribution is 5.71. The fraction of sp³-hybridized carbons (Fsp3) is 0.625. The van der Waals surface area contributed by atoms with E-state index in [1.807, 2.05) is 6.92 Å². The van der Waals surface area contributed by atoms with Gasteiger partial charge in [-0.25, -0.2) is 0 Å². The molecule has 0 aromatic heterocycles. The normalized spacial score (nSPS) is 23.4. The topological polar surface area (TPSA) is 35.5 Å². The molecule has 0 radical (unpaired) electrons. The van der Waals surface area contributed by atoms with E-state index in [-0.39, 0.29) is 12.1 Å². The Hall–Kier alpha value is -0.830. The zero-order chi connectivity index (χ0) is 8.27. The van der Waals surface area contributed by atoms with Crippen molar-refractivity contribution in [2.75, 3.05) is 13.2 Å². The highest BCUT2D eigenvalue weighted by Gasteiger charge is 2.23. The Morgan fingerprint density at radius 2 is 2.64 bits per heavy atom. The predicted molar refractivity (Wildman–Crippen MR) is 40.1 cm³/mol. The van der Waals surface area contributed by atoms with Crippen molar-refractivity contribution in [3.05, 3.63) is 12.2 Å². The highest BCUT2D eigenvalue weighted by atomic mass is 16.6. The minimum atomic E-state index is -0.170. The van der Waals surface area contributed by atoms with Crippen LogP contribution in [0.5, 0.6) is 0 Å². The second-order valence-electron chi connectivity index (χ2n) is 2.78. The van der Waals surface area contributed by atoms with Crippen LogP contribution in [0.25, 0.3) is 0 Å². The maximum atomic E-state index is 10.6. The molecule has 0 aliphatic carbocycles. The monoisotopic (exact) mass is 156 g/mol. The van der Waals surface area contributed by atoms with Crippen LogP contribution >= 0.6 is 0 Å². The first-order chi connectivity index (χ1) is 5.18. The lowest BCUT2D eigenvalue weighted by molar-refractivity contribution is -0.137. The molecule has 0 N–H and O–H groups in total. The Kier molecular flexibility index (Phi) is 2.65. The summed E-state index contributed by atoms with van der Waals surface area (Å²) >= 11 is 0. The van der Waals surface area contributed by atoms with Crippen LogP contribution < -0.4 is 0 Å². The van der Waals surface area contributed by atoms with Crippen molar-refractivity contribution in [2.24, 2.45) is 0 Å². The third-order valence-electron chi connectivity index (χ3n) is 1.39. The van der Waals surface area contributed by atoms with E-state index in [1.165, 1.54) is 0 Å². The van der Waals surface area contributed by atoms with Gasteiger partial charge in [-0.2, -0.15) is 0 Å². The molecule has 0 saturated carbocycles. The fourth-order valence-electron chi connectivity index (χ4n) is 0.857. The molecule has 1 rings (SSSR count). The first-order valence-corrected chi connectivity index (χ1v) is 3.60. The van der Waals surface area contributed by atoms with Gasteiger partial charge < -0.3 is 9.47 Å². The average molecular weight is 156 g/mol. The summed E-state index contributed by atoms with van der Waals surface area (Å²) in [6.45, 7) is 6.48. The molecule has 1 fully saturated rings. The molecule has 1 heterocycles. The average Bonchev–Trinajstić information content (AvgIpc) is 2.31. The lowest BCUT2D eigenvalue weighted by Gasteiger charge is -2.06. The molecule has 1 saturated heterocycles. The fourth-order valence-corrected chi connectivity index (χ4v) is 0.857. The van der Waals surface area contributed by atoms with Gasteiger partial charge in [0, 0.05) is 0 Å². The van der Waals surface area contributed by atoms with Gasteiger partial charge in [-0.05, 0) is 6.92 Å². The minimum absolute atomic E-state index is 0.0563. The summed E-state index contributed by atoms with van der Waals surface area (Å²) in [6.07, 6.45) is 0.326. The third-order valence-corrected chi connectivity index (χ3v) is 1.39. The first kappa shape index (κ1) is 8.27. The van der Waals surface area contributed by atoms with Gasteiger partial charge in [0.1, 0.15) is 12.7 Å². The van der Waals surface area contributed by atoms with Crippen LogP contribution in [0.15, 0.2) is 12.2 Å². The molecule has 1 aliphatic rings. The van der Waals surface area contributed by atoms with Crippen molar-refractivity contribution in [3.63, 3.8) is 0 Å². The van der Waals surface area contributed by atoms with E-state index >= 15 is 0 Å². The molecule has 0 amide bonds. The molecule has 62 valence electrons. The molecule has 1 unspecified atom stereocenters. The first-order valence-electron chi connectivity index (χ1n) is 3.60. The lowest BCUT2D eigenvalue weighted by atomic mass is 10.3. The summed E-state index contributed by atoms with van der Waals surface area (Å²) in [7, 11) is 0. The number of hydrogen-bond donors (Lipinski definition) is 0. The SMILES string of the molecule is C=C(C)COC1COC(=O)C1. The van der Waals surface area contributed by atoms with Gasteiger partial charge in [-0.3, -0.25) is 4.79 Å². The van der Waals surface area contributed by atoms with Crippen molar-refractivity contribution < 1.29 is 14.3 Å². The highest BCUT2D eigenvalue weighted by Crippen LogP contribution is 2.10. The molecular formula is C8H12O3. The molecule has 1 aliphatic heterocycles. The molecule has 3 nitrogen and oxygen atoms in total. The second-order valence-corrected chi connectivity index (χ2v) is 2.78. The molecule has 0 aromatic rings. The molecule has 0 spiro atoms. The third kappa shape index (κ3) is 2.72. The second kappa shape index (κ2) is 3.53. The van der Waals surface area contributed by atoms with Gasteiger partial charge in [-0.1, -0.05) is 12.2 Å². The van der Waals surface area contributed by atoms with Gasteiger partial charge in [0.05, 0.1) is 13.0 Å². The van der Waals surface area contributed by atoms with Gasteiger partial charge in [0.25, 0.3) is 0 Å². The van der Waals surface area contributed by atoms with Gasteiger partial charge >= 0.3 is 5.97 Å². The maximum Gasteiger partial charge on any atom is 0.308 e. The van der Waals surface area contributed by atoms with Gasteiger partial charge in [0.15, 0.2) is 0 Å². The van der Waals surface area contributed by atoms with Crippen molar-refractivity contribution in [2.45, 2.75) is 19.4 Å². The molecule has 0 bridgehead atoms. The van der Waals surface area contributed by atoms with E-state index < -0.39 is 0 Å². The molecule has 1 atom stereocenters. The van der Waals surface area contributed by atoms with E-state index in [2.05, 4.69) is 6.58 Å². The molecular weight excluding hydrogens is 144 g/mol. The van der Waals surface area contributed by atoms with Crippen LogP contribution in [0, 0.1) is 0 Å². The summed E-state index contributed by atoms with van der Waals surface area (Å²) in [5.74, 6) is -0.170. The summed E-state index contributed by atoms with van der Waals surface area (Å²) in [5.41, 5.74) is 0.962. The van der Waals surface area contributed by atoms with Crippen molar-refractivity contribution in [1.82, 2.24) is 0 Å². The Bertz CT molecular complexity index is 174. The molecule has 0 aromatic carbocycles. The molecule has 3 heteroatoms. The van der Waals surface area contributed by atoms with Crippen LogP contribution in [-0.2, 0) is 14.3 Å². The zero-order valence-electron chi connectivity index (χ0n) is 6.63. The summed E-state index contributed by atoms with van der Waals surface area (Å²) in [5, 5.41) is 0. The summed E-state index contributed by atoms with van der Waals surface area (Å²) in [6, 6.07) is 0. The van der Waals surface area contributed by atoms with E-state index in [0.717, 1.165) is 5.57 Å². The van der Waals surface area contributed by atoms with Crippen molar-refractivity contribution in [3.8, 4) is 0 Å². The Labute approximate surface area is 66.0 Å². The van der Waals surface area contributed by atoms with Crippen LogP contribution in [0.3, 0.4) is 0 Å². The number of carbonyl (C=O) groups is 1. The van der Waals surface area contributed by atoms with Crippen molar-refractivity contribution >= 4 is 5.97 Å². The van der Waals surface area contributed by atoms with Gasteiger partial charge in [0.2, 0.25) is 0 Å². The van der Waals surface area contributed by atoms with Crippen LogP contribution in [-0.4, -0.2) is 25.3 Å². The Morgan fingerprint density at radius 3 is 3.09 bits per heavy atom. The predicted octanol–water partition coefficient (Wildman–Crippen LogP) is 0.895. The van der Waals surface area contributed by atoms with E-state index in [1.54, 1.807) is 0 Å². The zero-order valence-corrected chi connectivity index (χ0v) is 6.63. The van der Waals surface area contributed by atoms with E-state index in [4.69, 9.17) is 9.47 Å². The largest absolute Gasteiger partial charge is 0.463 e. The quantitative estimate of drug-likeness (QED) is 0.449. The summed E-state index contributed by atoms with van der Waals surface area (Å²) < 4.78 is 9.99. The van der Waals surface area contributed by atoms with E-state index in [9.17, 15) is 4.79 Å². The smallest absolute Gasteiger partial charge is 0.308 e. The Morgan fingerprint density at radius 1 is 1.91 bits per heavy atom. The number of carbonyl (C=O) groups excluding carboxylic acids is 1. The maximum absolute atomic E-state index is 10.6. The Balaban J connectivity index is 2.18. The standard InChI is InChI=1S/C8H12O3/c1-6(2)4-10-7-3-8(9)11-5-7/h7H,1,3-5H2,2H3.